The topological polar surface area (TPSA) is 237 Å². The molecule has 0 radical (unpaired) electrons. The molecule has 5 atom stereocenters. The molecular weight excluding hydrogens is 1350 g/mol. The highest BCUT2D eigenvalue weighted by atomic mass is 31.2. The number of hydrogen-bond acceptors (Lipinski definition) is 15. The van der Waals surface area contributed by atoms with Crippen LogP contribution in [0.25, 0.3) is 0 Å². The van der Waals surface area contributed by atoms with Crippen LogP contribution in [0, 0.1) is 0 Å². The van der Waals surface area contributed by atoms with Gasteiger partial charge in [0.15, 0.2) is 12.2 Å². The second-order valence-corrected chi connectivity index (χ2v) is 29.9. The van der Waals surface area contributed by atoms with Crippen molar-refractivity contribution in [2.75, 3.05) is 39.6 Å². The summed E-state index contributed by atoms with van der Waals surface area (Å²) in [6, 6.07) is 0. The molecule has 0 aliphatic rings. The minimum Gasteiger partial charge on any atom is -0.462 e. The SMILES string of the molecule is CC/C=C\C/C=C\C/C=C\C/C=C\C/C=C\CCCCCC(=O)OCC(COP(=O)(O)OCC(O)COP(=O)(O)OCC(COC(=O)CCCCCCC/C=C\CCCCCC)OC(=O)CCCCCCC/C=C\CCCCCC)OC(=O)CCCCCCCC/C=C\C/C=C\C/C=C\CCCCC. The molecule has 0 bridgehead atoms. The predicted octanol–water partition coefficient (Wildman–Crippen LogP) is 23.9. The summed E-state index contributed by atoms with van der Waals surface area (Å²) in [6.07, 6.45) is 84.5. The van der Waals surface area contributed by atoms with Gasteiger partial charge in [-0.1, -0.05) is 271 Å². The lowest BCUT2D eigenvalue weighted by Gasteiger charge is -2.21. The van der Waals surface area contributed by atoms with E-state index >= 15 is 0 Å². The third kappa shape index (κ3) is 75.7. The number of phosphoric acid groups is 2. The summed E-state index contributed by atoms with van der Waals surface area (Å²) >= 11 is 0. The van der Waals surface area contributed by atoms with Crippen LogP contribution < -0.4 is 0 Å². The number of aliphatic hydroxyl groups excluding tert-OH is 1. The van der Waals surface area contributed by atoms with Crippen molar-refractivity contribution in [1.82, 2.24) is 0 Å². The van der Waals surface area contributed by atoms with Crippen LogP contribution in [-0.4, -0.2) is 96.7 Å². The van der Waals surface area contributed by atoms with Crippen LogP contribution in [0.5, 0.6) is 0 Å². The standard InChI is InChI=1S/C85H146O17P2/c1-5-9-13-17-21-25-29-33-35-37-39-41-43-47-50-54-58-62-66-70-83(88)96-76-81(102-85(90)72-68-64-60-56-52-48-44-42-40-38-36-34-30-26-22-18-14-10-6-2)78-100-104(93,94)98-74-79(86)73-97-103(91,92)99-77-80(101-84(89)71-67-63-59-55-51-46-32-28-24-20-16-12-8-4)75-95-82(87)69-65-61-57-53-49-45-31-27-23-19-15-11-7-3/h9,13,21-22,25-28,31-36,39-42,47,50,79-81,86H,5-8,10-12,14-20,23-24,29-30,37-38,43-46,48-49,51-78H2,1-4H3,(H,91,92)(H,93,94)/b13-9-,25-21-,26-22-,31-27-,32-28-,35-33-,36-34-,41-39-,42-40-,50-47-. The van der Waals surface area contributed by atoms with Crippen LogP contribution in [0.15, 0.2) is 122 Å². The normalized spacial score (nSPS) is 14.5. The number of ether oxygens (including phenoxy) is 4. The number of unbranched alkanes of at least 4 members (excludes halogenated alkanes) is 30. The molecular formula is C85H146O17P2. The Morgan fingerprint density at radius 2 is 0.500 bits per heavy atom. The first-order valence-electron chi connectivity index (χ1n) is 40.8. The Labute approximate surface area is 632 Å². The maximum Gasteiger partial charge on any atom is 0.472 e. The lowest BCUT2D eigenvalue weighted by atomic mass is 10.1. The van der Waals surface area contributed by atoms with Gasteiger partial charge in [0.25, 0.3) is 0 Å². The van der Waals surface area contributed by atoms with Crippen LogP contribution in [-0.2, 0) is 65.4 Å². The molecule has 0 aliphatic heterocycles. The quantitative estimate of drug-likeness (QED) is 0.0169. The highest BCUT2D eigenvalue weighted by Crippen LogP contribution is 2.45. The maximum atomic E-state index is 13.1. The molecule has 598 valence electrons. The first kappa shape index (κ1) is 99.5. The van der Waals surface area contributed by atoms with Crippen molar-refractivity contribution in [3.63, 3.8) is 0 Å². The van der Waals surface area contributed by atoms with Gasteiger partial charge in [-0.05, 0) is 161 Å². The lowest BCUT2D eigenvalue weighted by molar-refractivity contribution is -0.161. The van der Waals surface area contributed by atoms with E-state index in [-0.39, 0.29) is 25.7 Å². The second kappa shape index (κ2) is 76.6. The van der Waals surface area contributed by atoms with Crippen LogP contribution >= 0.6 is 15.6 Å². The number of esters is 4. The Hall–Kier alpha value is -4.54. The first-order valence-corrected chi connectivity index (χ1v) is 43.8. The monoisotopic (exact) mass is 1500 g/mol. The third-order valence-corrected chi connectivity index (χ3v) is 18.8. The summed E-state index contributed by atoms with van der Waals surface area (Å²) in [4.78, 5) is 73.0. The highest BCUT2D eigenvalue weighted by Gasteiger charge is 2.30. The molecule has 0 fully saturated rings. The average Bonchev–Trinajstić information content (AvgIpc) is 0.906. The number of allylic oxidation sites excluding steroid dienone is 20. The van der Waals surface area contributed by atoms with Crippen LogP contribution in [0.2, 0.25) is 0 Å². The summed E-state index contributed by atoms with van der Waals surface area (Å²) in [7, 11) is -9.98. The zero-order valence-corrected chi connectivity index (χ0v) is 67.2. The van der Waals surface area contributed by atoms with Gasteiger partial charge in [-0.25, -0.2) is 9.13 Å². The smallest absolute Gasteiger partial charge is 0.462 e. The summed E-state index contributed by atoms with van der Waals surface area (Å²) < 4.78 is 68.6. The molecule has 0 amide bonds. The number of rotatable bonds is 76. The van der Waals surface area contributed by atoms with Crippen molar-refractivity contribution < 1.29 is 80.2 Å². The van der Waals surface area contributed by atoms with Crippen LogP contribution in [0.1, 0.15) is 336 Å². The molecule has 104 heavy (non-hydrogen) atoms. The van der Waals surface area contributed by atoms with Crippen molar-refractivity contribution in [1.29, 1.82) is 0 Å². The Bertz CT molecular complexity index is 2440. The van der Waals surface area contributed by atoms with Crippen LogP contribution in [0.3, 0.4) is 0 Å². The lowest BCUT2D eigenvalue weighted by Crippen LogP contribution is -2.30. The molecule has 0 aliphatic carbocycles. The third-order valence-electron chi connectivity index (χ3n) is 16.9. The van der Waals surface area contributed by atoms with E-state index in [4.69, 9.17) is 37.0 Å². The van der Waals surface area contributed by atoms with Crippen molar-refractivity contribution in [2.45, 2.75) is 354 Å². The fourth-order valence-corrected chi connectivity index (χ4v) is 12.2. The van der Waals surface area contributed by atoms with E-state index in [2.05, 4.69) is 149 Å². The van der Waals surface area contributed by atoms with Crippen molar-refractivity contribution in [3.8, 4) is 0 Å². The molecule has 0 aromatic heterocycles. The van der Waals surface area contributed by atoms with E-state index < -0.39 is 97.5 Å². The van der Waals surface area contributed by atoms with Crippen molar-refractivity contribution >= 4 is 39.5 Å². The number of hydrogen-bond donors (Lipinski definition) is 3. The highest BCUT2D eigenvalue weighted by molar-refractivity contribution is 7.47. The summed E-state index contributed by atoms with van der Waals surface area (Å²) in [5.41, 5.74) is 0. The Morgan fingerprint density at radius 3 is 0.808 bits per heavy atom. The van der Waals surface area contributed by atoms with E-state index in [1.165, 1.54) is 70.6 Å². The van der Waals surface area contributed by atoms with Gasteiger partial charge < -0.3 is 33.8 Å². The Kier molecular flexibility index (Phi) is 73.3. The molecule has 5 unspecified atom stereocenters. The van der Waals surface area contributed by atoms with E-state index in [0.29, 0.717) is 25.7 Å². The van der Waals surface area contributed by atoms with E-state index in [1.807, 2.05) is 0 Å². The Balaban J connectivity index is 5.41. The average molecular weight is 1500 g/mol. The number of aliphatic hydroxyl groups is 1. The molecule has 0 spiro atoms. The maximum absolute atomic E-state index is 13.1. The van der Waals surface area contributed by atoms with Gasteiger partial charge in [-0.15, -0.1) is 0 Å². The van der Waals surface area contributed by atoms with Crippen LogP contribution in [0.4, 0.5) is 0 Å². The molecule has 17 nitrogen and oxygen atoms in total. The fourth-order valence-electron chi connectivity index (χ4n) is 10.7. The van der Waals surface area contributed by atoms with Gasteiger partial charge >= 0.3 is 39.5 Å². The van der Waals surface area contributed by atoms with Gasteiger partial charge in [-0.2, -0.15) is 0 Å². The molecule has 0 rings (SSSR count). The zero-order valence-electron chi connectivity index (χ0n) is 65.4. The number of carbonyl (C=O) groups is 4. The zero-order chi connectivity index (χ0) is 76.0. The predicted molar refractivity (Wildman–Crippen MR) is 427 cm³/mol. The second-order valence-electron chi connectivity index (χ2n) is 27.0. The first-order chi connectivity index (χ1) is 50.7. The molecule has 19 heteroatoms. The van der Waals surface area contributed by atoms with Gasteiger partial charge in [0.05, 0.1) is 26.4 Å². The molecule has 0 aromatic carbocycles. The molecule has 0 aromatic rings. The van der Waals surface area contributed by atoms with E-state index in [9.17, 15) is 43.2 Å². The van der Waals surface area contributed by atoms with E-state index in [0.717, 1.165) is 186 Å². The number of carbonyl (C=O) groups excluding carboxylic acids is 4. The molecule has 0 saturated heterocycles. The minimum atomic E-state index is -4.99. The molecule has 0 saturated carbocycles. The largest absolute Gasteiger partial charge is 0.472 e. The van der Waals surface area contributed by atoms with Gasteiger partial charge in [0, 0.05) is 25.7 Å². The number of phosphoric ester groups is 2. The van der Waals surface area contributed by atoms with Crippen molar-refractivity contribution in [3.05, 3.63) is 122 Å². The summed E-state index contributed by atoms with van der Waals surface area (Å²) in [5.74, 6) is -2.24. The summed E-state index contributed by atoms with van der Waals surface area (Å²) in [5, 5.41) is 10.6. The summed E-state index contributed by atoms with van der Waals surface area (Å²) in [6.45, 7) is 4.66. The van der Waals surface area contributed by atoms with Gasteiger partial charge in [-0.3, -0.25) is 37.3 Å². The van der Waals surface area contributed by atoms with Crippen molar-refractivity contribution in [2.24, 2.45) is 0 Å². The van der Waals surface area contributed by atoms with Gasteiger partial charge in [0.1, 0.15) is 19.3 Å². The molecule has 3 N–H and O–H groups in total. The fraction of sp³-hybridized carbons (Fsp3) is 0.718. The van der Waals surface area contributed by atoms with Gasteiger partial charge in [0.2, 0.25) is 0 Å². The van der Waals surface area contributed by atoms with E-state index in [1.54, 1.807) is 0 Å². The minimum absolute atomic E-state index is 0.0702. The molecule has 0 heterocycles. The Morgan fingerprint density at radius 1 is 0.279 bits per heavy atom.